The van der Waals surface area contributed by atoms with Crippen LogP contribution >= 0.6 is 11.6 Å². The maximum absolute atomic E-state index is 9.34. The first-order chi connectivity index (χ1) is 7.97. The standard InChI is InChI=1S/C12H22ClN3O/c1-5-9-11(13)10(16(4)15-9)7-14-12(3,6-2)8-17/h14,17H,5-8H2,1-4H3. The molecule has 2 N–H and O–H groups in total. The van der Waals surface area contributed by atoms with E-state index in [1.54, 1.807) is 0 Å². The molecule has 0 aliphatic carbocycles. The summed E-state index contributed by atoms with van der Waals surface area (Å²) >= 11 is 6.26. The van der Waals surface area contributed by atoms with Crippen LogP contribution in [0, 0.1) is 0 Å². The van der Waals surface area contributed by atoms with Gasteiger partial charge < -0.3 is 10.4 Å². The summed E-state index contributed by atoms with van der Waals surface area (Å²) in [5.74, 6) is 0. The summed E-state index contributed by atoms with van der Waals surface area (Å²) in [6, 6.07) is 0. The number of aryl methyl sites for hydroxylation is 2. The molecule has 0 aromatic carbocycles. The highest BCUT2D eigenvalue weighted by molar-refractivity contribution is 6.31. The second-order valence-corrected chi connectivity index (χ2v) is 4.99. The fraction of sp³-hybridized carbons (Fsp3) is 0.750. The number of aliphatic hydroxyl groups is 1. The van der Waals surface area contributed by atoms with Crippen LogP contribution in [0.2, 0.25) is 5.02 Å². The highest BCUT2D eigenvalue weighted by Crippen LogP contribution is 2.21. The molecule has 1 atom stereocenters. The van der Waals surface area contributed by atoms with E-state index in [0.717, 1.165) is 29.3 Å². The van der Waals surface area contributed by atoms with Gasteiger partial charge in [-0.05, 0) is 19.8 Å². The van der Waals surface area contributed by atoms with Crippen LogP contribution in [0.4, 0.5) is 0 Å². The number of aliphatic hydroxyl groups excluding tert-OH is 1. The lowest BCUT2D eigenvalue weighted by molar-refractivity contribution is 0.168. The van der Waals surface area contributed by atoms with Gasteiger partial charge in [0.25, 0.3) is 0 Å². The molecule has 0 spiro atoms. The molecule has 1 heterocycles. The molecule has 17 heavy (non-hydrogen) atoms. The highest BCUT2D eigenvalue weighted by atomic mass is 35.5. The van der Waals surface area contributed by atoms with E-state index in [-0.39, 0.29) is 12.1 Å². The van der Waals surface area contributed by atoms with Crippen LogP contribution in [0.5, 0.6) is 0 Å². The van der Waals surface area contributed by atoms with Crippen LogP contribution in [-0.4, -0.2) is 27.0 Å². The van der Waals surface area contributed by atoms with Crippen molar-refractivity contribution in [2.75, 3.05) is 6.61 Å². The van der Waals surface area contributed by atoms with Crippen LogP contribution in [0.3, 0.4) is 0 Å². The normalized spacial score (nSPS) is 14.9. The van der Waals surface area contributed by atoms with E-state index in [2.05, 4.69) is 10.4 Å². The van der Waals surface area contributed by atoms with Crippen LogP contribution in [0.1, 0.15) is 38.6 Å². The lowest BCUT2D eigenvalue weighted by Crippen LogP contribution is -2.44. The first-order valence-corrected chi connectivity index (χ1v) is 6.41. The minimum Gasteiger partial charge on any atom is -0.394 e. The van der Waals surface area contributed by atoms with Crippen molar-refractivity contribution in [1.82, 2.24) is 15.1 Å². The van der Waals surface area contributed by atoms with Gasteiger partial charge in [0.05, 0.1) is 23.0 Å². The molecule has 98 valence electrons. The van der Waals surface area contributed by atoms with Gasteiger partial charge in [-0.1, -0.05) is 25.4 Å². The van der Waals surface area contributed by atoms with E-state index in [9.17, 15) is 5.11 Å². The Labute approximate surface area is 108 Å². The number of nitrogens with one attached hydrogen (secondary N) is 1. The molecule has 0 fully saturated rings. The molecular weight excluding hydrogens is 238 g/mol. The van der Waals surface area contributed by atoms with Crippen LogP contribution < -0.4 is 5.32 Å². The predicted molar refractivity (Wildman–Crippen MR) is 70.2 cm³/mol. The van der Waals surface area contributed by atoms with E-state index in [0.29, 0.717) is 6.54 Å². The molecule has 1 aromatic rings. The molecule has 0 amide bonds. The van der Waals surface area contributed by atoms with Gasteiger partial charge >= 0.3 is 0 Å². The van der Waals surface area contributed by atoms with Crippen molar-refractivity contribution in [3.63, 3.8) is 0 Å². The molecule has 0 radical (unpaired) electrons. The maximum atomic E-state index is 9.34. The number of aromatic nitrogens is 2. The Bertz CT molecular complexity index is 372. The number of hydrogen-bond acceptors (Lipinski definition) is 3. The monoisotopic (exact) mass is 259 g/mol. The summed E-state index contributed by atoms with van der Waals surface area (Å²) in [4.78, 5) is 0. The Hall–Kier alpha value is -0.580. The molecule has 0 aliphatic rings. The Morgan fingerprint density at radius 1 is 1.47 bits per heavy atom. The molecule has 0 saturated carbocycles. The van der Waals surface area contributed by atoms with Crippen molar-refractivity contribution in [2.24, 2.45) is 7.05 Å². The minimum atomic E-state index is -0.264. The summed E-state index contributed by atoms with van der Waals surface area (Å²) in [6.07, 6.45) is 1.69. The zero-order chi connectivity index (χ0) is 13.1. The highest BCUT2D eigenvalue weighted by Gasteiger charge is 2.22. The van der Waals surface area contributed by atoms with E-state index in [1.807, 2.05) is 32.5 Å². The van der Waals surface area contributed by atoms with Crippen LogP contribution in [-0.2, 0) is 20.0 Å². The number of halogens is 1. The largest absolute Gasteiger partial charge is 0.394 e. The van der Waals surface area contributed by atoms with E-state index in [4.69, 9.17) is 11.6 Å². The van der Waals surface area contributed by atoms with Crippen molar-refractivity contribution in [2.45, 2.75) is 45.7 Å². The second-order valence-electron chi connectivity index (χ2n) is 4.61. The van der Waals surface area contributed by atoms with Gasteiger partial charge in [0.2, 0.25) is 0 Å². The third-order valence-corrected chi connectivity index (χ3v) is 3.75. The lowest BCUT2D eigenvalue weighted by atomic mass is 10.0. The summed E-state index contributed by atoms with van der Waals surface area (Å²) in [7, 11) is 1.89. The molecule has 0 aliphatic heterocycles. The molecule has 4 nitrogen and oxygen atoms in total. The van der Waals surface area contributed by atoms with Crippen LogP contribution in [0.25, 0.3) is 0 Å². The zero-order valence-electron chi connectivity index (χ0n) is 11.0. The van der Waals surface area contributed by atoms with Gasteiger partial charge in [0.15, 0.2) is 0 Å². The summed E-state index contributed by atoms with van der Waals surface area (Å²) < 4.78 is 1.81. The van der Waals surface area contributed by atoms with Crippen molar-refractivity contribution in [3.05, 3.63) is 16.4 Å². The molecule has 0 bridgehead atoms. The fourth-order valence-electron chi connectivity index (χ4n) is 1.60. The maximum Gasteiger partial charge on any atom is 0.0863 e. The molecule has 1 aromatic heterocycles. The smallest absolute Gasteiger partial charge is 0.0863 e. The predicted octanol–water partition coefficient (Wildman–Crippen LogP) is 1.89. The average Bonchev–Trinajstić information content (AvgIpc) is 2.61. The lowest BCUT2D eigenvalue weighted by Gasteiger charge is -2.27. The molecule has 1 rings (SSSR count). The molecule has 1 unspecified atom stereocenters. The van der Waals surface area contributed by atoms with Crippen LogP contribution in [0.15, 0.2) is 0 Å². The van der Waals surface area contributed by atoms with Gasteiger partial charge in [0.1, 0.15) is 0 Å². The van der Waals surface area contributed by atoms with Crippen molar-refractivity contribution < 1.29 is 5.11 Å². The molecule has 5 heteroatoms. The SMILES string of the molecule is CCc1nn(C)c(CNC(C)(CC)CO)c1Cl. The topological polar surface area (TPSA) is 50.1 Å². The summed E-state index contributed by atoms with van der Waals surface area (Å²) in [5, 5.41) is 17.8. The van der Waals surface area contributed by atoms with Crippen molar-refractivity contribution >= 4 is 11.6 Å². The average molecular weight is 260 g/mol. The van der Waals surface area contributed by atoms with Gasteiger partial charge in [0, 0.05) is 19.1 Å². The molecule has 0 saturated heterocycles. The fourth-order valence-corrected chi connectivity index (χ4v) is 1.96. The Kier molecular flexibility index (Phi) is 4.98. The van der Waals surface area contributed by atoms with Gasteiger partial charge in [-0.25, -0.2) is 0 Å². The number of rotatable bonds is 6. The summed E-state index contributed by atoms with van der Waals surface area (Å²) in [6.45, 7) is 6.81. The quantitative estimate of drug-likeness (QED) is 0.820. The Morgan fingerprint density at radius 2 is 2.12 bits per heavy atom. The van der Waals surface area contributed by atoms with Gasteiger partial charge in [-0.2, -0.15) is 5.10 Å². The van der Waals surface area contributed by atoms with Crippen molar-refractivity contribution in [1.29, 1.82) is 0 Å². The van der Waals surface area contributed by atoms with Gasteiger partial charge in [-0.15, -0.1) is 0 Å². The van der Waals surface area contributed by atoms with Gasteiger partial charge in [-0.3, -0.25) is 4.68 Å². The first-order valence-electron chi connectivity index (χ1n) is 6.03. The minimum absolute atomic E-state index is 0.111. The third-order valence-electron chi connectivity index (χ3n) is 3.31. The Morgan fingerprint density at radius 3 is 2.53 bits per heavy atom. The van der Waals surface area contributed by atoms with E-state index in [1.165, 1.54) is 0 Å². The summed E-state index contributed by atoms with van der Waals surface area (Å²) in [5.41, 5.74) is 1.63. The Balaban J connectivity index is 2.79. The van der Waals surface area contributed by atoms with E-state index < -0.39 is 0 Å². The number of hydrogen-bond donors (Lipinski definition) is 2. The number of nitrogens with zero attached hydrogens (tertiary/aromatic N) is 2. The second kappa shape index (κ2) is 5.85. The van der Waals surface area contributed by atoms with Crippen molar-refractivity contribution in [3.8, 4) is 0 Å². The van der Waals surface area contributed by atoms with E-state index >= 15 is 0 Å². The third kappa shape index (κ3) is 3.21. The zero-order valence-corrected chi connectivity index (χ0v) is 11.8. The first kappa shape index (κ1) is 14.5. The molecular formula is C12H22ClN3O.